The second-order valence-electron chi connectivity index (χ2n) is 5.10. The number of hydrogen-bond donors (Lipinski definition) is 1. The summed E-state index contributed by atoms with van der Waals surface area (Å²) < 4.78 is 5.33. The van der Waals surface area contributed by atoms with Gasteiger partial charge in [-0.25, -0.2) is 0 Å². The van der Waals surface area contributed by atoms with Gasteiger partial charge in [-0.05, 0) is 19.1 Å². The Kier molecular flexibility index (Phi) is 3.36. The number of morpholine rings is 1. The van der Waals surface area contributed by atoms with Crippen LogP contribution >= 0.6 is 0 Å². The number of hydrogen-bond acceptors (Lipinski definition) is 3. The predicted molar refractivity (Wildman–Crippen MR) is 75.4 cm³/mol. The van der Waals surface area contributed by atoms with Crippen molar-refractivity contribution in [3.05, 3.63) is 45.7 Å². The summed E-state index contributed by atoms with van der Waals surface area (Å²) in [5.74, 6) is 0. The molecule has 1 N–H and O–H groups in total. The Morgan fingerprint density at radius 3 is 2.84 bits per heavy atom. The van der Waals surface area contributed by atoms with Crippen LogP contribution in [-0.4, -0.2) is 36.2 Å². The maximum absolute atomic E-state index is 12.1. The van der Waals surface area contributed by atoms with Crippen molar-refractivity contribution in [2.45, 2.75) is 13.5 Å². The fourth-order valence-corrected chi connectivity index (χ4v) is 2.50. The first-order chi connectivity index (χ1) is 9.22. The molecule has 0 unspecified atom stereocenters. The number of rotatable bonds is 2. The molecule has 1 fully saturated rings. The van der Waals surface area contributed by atoms with Gasteiger partial charge in [-0.2, -0.15) is 0 Å². The third kappa shape index (κ3) is 2.69. The van der Waals surface area contributed by atoms with Gasteiger partial charge in [0.05, 0.1) is 13.2 Å². The number of aromatic nitrogens is 1. The van der Waals surface area contributed by atoms with Crippen molar-refractivity contribution in [1.29, 1.82) is 0 Å². The Bertz CT molecular complexity index is 642. The lowest BCUT2D eigenvalue weighted by Crippen LogP contribution is -2.36. The lowest BCUT2D eigenvalue weighted by atomic mass is 10.1. The first kappa shape index (κ1) is 12.4. The van der Waals surface area contributed by atoms with E-state index in [9.17, 15) is 4.79 Å². The first-order valence-electron chi connectivity index (χ1n) is 6.65. The number of aryl methyl sites for hydroxylation is 1. The Morgan fingerprint density at radius 2 is 2.05 bits per heavy atom. The summed E-state index contributed by atoms with van der Waals surface area (Å²) in [4.78, 5) is 17.8. The maximum Gasteiger partial charge on any atom is 0.189 e. The fourth-order valence-electron chi connectivity index (χ4n) is 2.50. The fraction of sp³-hybridized carbons (Fsp3) is 0.400. The van der Waals surface area contributed by atoms with E-state index in [1.807, 2.05) is 25.1 Å². The SMILES string of the molecule is Cc1ccc2[nH]c(CN3CCOCC3)cc(=O)c2c1. The Morgan fingerprint density at radius 1 is 1.26 bits per heavy atom. The van der Waals surface area contributed by atoms with Crippen molar-refractivity contribution in [2.75, 3.05) is 26.3 Å². The minimum atomic E-state index is 0.0979. The average Bonchev–Trinajstić information content (AvgIpc) is 2.41. The molecule has 0 bridgehead atoms. The van der Waals surface area contributed by atoms with Crippen LogP contribution in [0.2, 0.25) is 0 Å². The van der Waals surface area contributed by atoms with E-state index in [-0.39, 0.29) is 5.43 Å². The summed E-state index contributed by atoms with van der Waals surface area (Å²) in [6.45, 7) is 6.18. The summed E-state index contributed by atoms with van der Waals surface area (Å²) in [6.07, 6.45) is 0. The molecule has 0 spiro atoms. The highest BCUT2D eigenvalue weighted by atomic mass is 16.5. The van der Waals surface area contributed by atoms with Gasteiger partial charge < -0.3 is 9.72 Å². The van der Waals surface area contributed by atoms with Crippen LogP contribution in [0.5, 0.6) is 0 Å². The first-order valence-corrected chi connectivity index (χ1v) is 6.65. The molecule has 0 atom stereocenters. The van der Waals surface area contributed by atoms with E-state index in [0.717, 1.165) is 55.0 Å². The van der Waals surface area contributed by atoms with Crippen molar-refractivity contribution in [1.82, 2.24) is 9.88 Å². The Labute approximate surface area is 112 Å². The van der Waals surface area contributed by atoms with Gasteiger partial charge in [0.1, 0.15) is 0 Å². The molecule has 4 heteroatoms. The van der Waals surface area contributed by atoms with Crippen LogP contribution in [0.25, 0.3) is 10.9 Å². The maximum atomic E-state index is 12.1. The number of ether oxygens (including phenoxy) is 1. The third-order valence-corrected chi connectivity index (χ3v) is 3.54. The molecular formula is C15H18N2O2. The van der Waals surface area contributed by atoms with Gasteiger partial charge in [0.2, 0.25) is 0 Å². The summed E-state index contributed by atoms with van der Waals surface area (Å²) in [5, 5.41) is 0.769. The Balaban J connectivity index is 1.92. The van der Waals surface area contributed by atoms with Gasteiger partial charge >= 0.3 is 0 Å². The van der Waals surface area contributed by atoms with E-state index in [1.54, 1.807) is 6.07 Å². The highest BCUT2D eigenvalue weighted by Gasteiger charge is 2.12. The summed E-state index contributed by atoms with van der Waals surface area (Å²) in [6, 6.07) is 7.66. The molecule has 1 aromatic heterocycles. The van der Waals surface area contributed by atoms with Crippen molar-refractivity contribution in [3.8, 4) is 0 Å². The van der Waals surface area contributed by atoms with E-state index in [1.165, 1.54) is 0 Å². The quantitative estimate of drug-likeness (QED) is 0.891. The van der Waals surface area contributed by atoms with Crippen molar-refractivity contribution in [3.63, 3.8) is 0 Å². The number of pyridine rings is 1. The molecule has 0 aliphatic carbocycles. The lowest BCUT2D eigenvalue weighted by Gasteiger charge is -2.26. The molecule has 2 heterocycles. The van der Waals surface area contributed by atoms with Gasteiger partial charge in [0, 0.05) is 42.3 Å². The molecule has 0 radical (unpaired) electrons. The van der Waals surface area contributed by atoms with Crippen LogP contribution in [0.15, 0.2) is 29.1 Å². The normalized spacial score (nSPS) is 16.9. The van der Waals surface area contributed by atoms with Crippen LogP contribution in [0.4, 0.5) is 0 Å². The summed E-state index contributed by atoms with van der Waals surface area (Å²) in [7, 11) is 0. The Hall–Kier alpha value is -1.65. The number of fused-ring (bicyclic) bond motifs is 1. The summed E-state index contributed by atoms with van der Waals surface area (Å²) >= 11 is 0. The number of nitrogens with one attached hydrogen (secondary N) is 1. The van der Waals surface area contributed by atoms with E-state index in [4.69, 9.17) is 4.74 Å². The standard InChI is InChI=1S/C15H18N2O2/c1-11-2-3-14-13(8-11)15(18)9-12(16-14)10-17-4-6-19-7-5-17/h2-3,8-9H,4-7,10H2,1H3,(H,16,18). The number of benzene rings is 1. The van der Waals surface area contributed by atoms with Crippen LogP contribution in [0.3, 0.4) is 0 Å². The zero-order chi connectivity index (χ0) is 13.2. The van der Waals surface area contributed by atoms with Crippen LogP contribution < -0.4 is 5.43 Å². The highest BCUT2D eigenvalue weighted by Crippen LogP contribution is 2.12. The molecule has 3 rings (SSSR count). The van der Waals surface area contributed by atoms with Crippen molar-refractivity contribution < 1.29 is 4.74 Å². The van der Waals surface area contributed by atoms with E-state index < -0.39 is 0 Å². The number of nitrogens with zero attached hydrogens (tertiary/aromatic N) is 1. The topological polar surface area (TPSA) is 45.3 Å². The van der Waals surface area contributed by atoms with Crippen LogP contribution in [0, 0.1) is 6.92 Å². The van der Waals surface area contributed by atoms with Gasteiger partial charge in [-0.15, -0.1) is 0 Å². The minimum Gasteiger partial charge on any atom is -0.379 e. The molecule has 100 valence electrons. The van der Waals surface area contributed by atoms with Gasteiger partial charge in [0.25, 0.3) is 0 Å². The smallest absolute Gasteiger partial charge is 0.189 e. The zero-order valence-corrected chi connectivity index (χ0v) is 11.1. The van der Waals surface area contributed by atoms with E-state index >= 15 is 0 Å². The van der Waals surface area contributed by atoms with E-state index in [2.05, 4.69) is 9.88 Å². The molecule has 0 saturated carbocycles. The largest absolute Gasteiger partial charge is 0.379 e. The van der Waals surface area contributed by atoms with Crippen LogP contribution in [-0.2, 0) is 11.3 Å². The van der Waals surface area contributed by atoms with Crippen molar-refractivity contribution >= 4 is 10.9 Å². The van der Waals surface area contributed by atoms with Crippen molar-refractivity contribution in [2.24, 2.45) is 0 Å². The predicted octanol–water partition coefficient (Wildman–Crippen LogP) is 1.67. The lowest BCUT2D eigenvalue weighted by molar-refractivity contribution is 0.0337. The van der Waals surface area contributed by atoms with E-state index in [0.29, 0.717) is 0 Å². The van der Waals surface area contributed by atoms with Gasteiger partial charge in [-0.3, -0.25) is 9.69 Å². The minimum absolute atomic E-state index is 0.0979. The third-order valence-electron chi connectivity index (χ3n) is 3.54. The molecule has 1 aromatic carbocycles. The van der Waals surface area contributed by atoms with Gasteiger partial charge in [0.15, 0.2) is 5.43 Å². The second kappa shape index (κ2) is 5.15. The molecule has 1 aliphatic heterocycles. The highest BCUT2D eigenvalue weighted by molar-refractivity contribution is 5.79. The molecule has 1 aliphatic rings. The molecule has 0 amide bonds. The zero-order valence-electron chi connectivity index (χ0n) is 11.1. The second-order valence-corrected chi connectivity index (χ2v) is 5.10. The molecular weight excluding hydrogens is 240 g/mol. The van der Waals surface area contributed by atoms with Crippen LogP contribution in [0.1, 0.15) is 11.3 Å². The molecule has 2 aromatic rings. The number of aromatic amines is 1. The molecule has 4 nitrogen and oxygen atoms in total. The molecule has 19 heavy (non-hydrogen) atoms. The number of H-pyrrole nitrogens is 1. The monoisotopic (exact) mass is 258 g/mol. The average molecular weight is 258 g/mol. The molecule has 1 saturated heterocycles. The summed E-state index contributed by atoms with van der Waals surface area (Å²) in [5.41, 5.74) is 3.10. The van der Waals surface area contributed by atoms with Gasteiger partial charge in [-0.1, -0.05) is 11.6 Å².